The first-order valence-electron chi connectivity index (χ1n) is 12.1. The van der Waals surface area contributed by atoms with Crippen molar-refractivity contribution < 1.29 is 13.2 Å². The van der Waals surface area contributed by atoms with Crippen LogP contribution in [-0.2, 0) is 0 Å². The van der Waals surface area contributed by atoms with Gasteiger partial charge in [0, 0.05) is 5.56 Å². The first-order chi connectivity index (χ1) is 19.8. The number of nitrogen functional groups attached to an aromatic ring is 1. The van der Waals surface area contributed by atoms with Crippen LogP contribution in [-0.4, -0.2) is 24.5 Å². The van der Waals surface area contributed by atoms with Crippen LogP contribution in [0.1, 0.15) is 47.6 Å². The molecule has 2 aromatic carbocycles. The van der Waals surface area contributed by atoms with E-state index in [0.717, 1.165) is 6.20 Å². The molecule has 0 saturated heterocycles. The zero-order chi connectivity index (χ0) is 29.1. The minimum Gasteiger partial charge on any atom is -0.382 e. The SMILES string of the molecule is C[C@H](Nc1ncnc(N)c1C#Cc1ccc(F)cn1)c1nc2cccc(C(F)F)c2c(=O)n1-c1cccc(C#N)c1. The summed E-state index contributed by atoms with van der Waals surface area (Å²) in [6.45, 7) is 1.69. The summed E-state index contributed by atoms with van der Waals surface area (Å²) in [7, 11) is 0. The fourth-order valence-electron chi connectivity index (χ4n) is 4.19. The second-order valence-corrected chi connectivity index (χ2v) is 8.77. The van der Waals surface area contributed by atoms with E-state index in [1.165, 1.54) is 47.3 Å². The second kappa shape index (κ2) is 11.2. The number of aromatic nitrogens is 5. The monoisotopic (exact) mass is 552 g/mol. The van der Waals surface area contributed by atoms with Crippen LogP contribution in [0.3, 0.4) is 0 Å². The highest BCUT2D eigenvalue weighted by Gasteiger charge is 2.23. The number of halogens is 3. The Morgan fingerprint density at radius 1 is 1.05 bits per heavy atom. The number of alkyl halides is 2. The van der Waals surface area contributed by atoms with Crippen molar-refractivity contribution in [2.45, 2.75) is 19.4 Å². The Bertz CT molecular complexity index is 1940. The fraction of sp³-hybridized carbons (Fsp3) is 0.103. The maximum Gasteiger partial charge on any atom is 0.266 e. The van der Waals surface area contributed by atoms with E-state index in [1.807, 2.05) is 6.07 Å². The number of fused-ring (bicyclic) bond motifs is 1. The van der Waals surface area contributed by atoms with E-state index in [1.54, 1.807) is 25.1 Å². The van der Waals surface area contributed by atoms with Gasteiger partial charge in [-0.1, -0.05) is 24.1 Å². The molecule has 0 amide bonds. The van der Waals surface area contributed by atoms with Crippen molar-refractivity contribution in [2.24, 2.45) is 0 Å². The topological polar surface area (TPSA) is 135 Å². The molecule has 0 radical (unpaired) electrons. The van der Waals surface area contributed by atoms with Gasteiger partial charge in [0.2, 0.25) is 0 Å². The van der Waals surface area contributed by atoms with Gasteiger partial charge in [-0.3, -0.25) is 9.36 Å². The minimum atomic E-state index is -2.91. The summed E-state index contributed by atoms with van der Waals surface area (Å²) >= 11 is 0. The molecule has 0 bridgehead atoms. The van der Waals surface area contributed by atoms with E-state index in [0.29, 0.717) is 0 Å². The Kier molecular flexibility index (Phi) is 7.31. The lowest BCUT2D eigenvalue weighted by Gasteiger charge is -2.21. The van der Waals surface area contributed by atoms with Gasteiger partial charge >= 0.3 is 0 Å². The van der Waals surface area contributed by atoms with E-state index in [2.05, 4.69) is 37.1 Å². The van der Waals surface area contributed by atoms with Gasteiger partial charge in [-0.25, -0.2) is 33.1 Å². The number of benzene rings is 2. The van der Waals surface area contributed by atoms with Crippen molar-refractivity contribution in [3.05, 3.63) is 112 Å². The number of hydrogen-bond donors (Lipinski definition) is 2. The molecule has 0 spiro atoms. The lowest BCUT2D eigenvalue weighted by atomic mass is 10.1. The molecular weight excluding hydrogens is 533 g/mol. The van der Waals surface area contributed by atoms with E-state index < -0.39 is 29.4 Å². The van der Waals surface area contributed by atoms with Gasteiger partial charge in [-0.2, -0.15) is 5.26 Å². The molecule has 3 N–H and O–H groups in total. The predicted molar refractivity (Wildman–Crippen MR) is 146 cm³/mol. The number of nitrogens with two attached hydrogens (primary N) is 1. The summed E-state index contributed by atoms with van der Waals surface area (Å²) in [5.74, 6) is 5.52. The highest BCUT2D eigenvalue weighted by atomic mass is 19.3. The molecule has 41 heavy (non-hydrogen) atoms. The summed E-state index contributed by atoms with van der Waals surface area (Å²) < 4.78 is 42.2. The summed E-state index contributed by atoms with van der Waals surface area (Å²) in [6.07, 6.45) is -0.659. The highest BCUT2D eigenvalue weighted by Crippen LogP contribution is 2.28. The Morgan fingerprint density at radius 2 is 1.85 bits per heavy atom. The maximum absolute atomic E-state index is 13.9. The lowest BCUT2D eigenvalue weighted by molar-refractivity contribution is 0.153. The average Bonchev–Trinajstić information content (AvgIpc) is 2.97. The molecule has 0 aliphatic rings. The molecule has 3 heterocycles. The van der Waals surface area contributed by atoms with Crippen molar-refractivity contribution >= 4 is 22.5 Å². The van der Waals surface area contributed by atoms with Gasteiger partial charge in [0.25, 0.3) is 12.0 Å². The number of rotatable bonds is 5. The normalized spacial score (nSPS) is 11.5. The zero-order valence-electron chi connectivity index (χ0n) is 21.3. The van der Waals surface area contributed by atoms with Crippen molar-refractivity contribution in [3.8, 4) is 23.6 Å². The molecular formula is C29H19F3N8O. The third kappa shape index (κ3) is 5.40. The molecule has 9 nitrogen and oxygen atoms in total. The molecule has 0 aliphatic heterocycles. The van der Waals surface area contributed by atoms with Crippen molar-refractivity contribution in [1.29, 1.82) is 5.26 Å². The Hall–Kier alpha value is -5.75. The van der Waals surface area contributed by atoms with Crippen LogP contribution in [0.4, 0.5) is 24.8 Å². The first-order valence-corrected chi connectivity index (χ1v) is 12.1. The molecule has 0 saturated carbocycles. The largest absolute Gasteiger partial charge is 0.382 e. The number of pyridine rings is 1. The van der Waals surface area contributed by atoms with Gasteiger partial charge in [-0.05, 0) is 49.2 Å². The van der Waals surface area contributed by atoms with Crippen LogP contribution in [0.5, 0.6) is 0 Å². The van der Waals surface area contributed by atoms with Gasteiger partial charge in [0.15, 0.2) is 0 Å². The molecule has 202 valence electrons. The molecule has 5 rings (SSSR count). The molecule has 5 aromatic rings. The fourth-order valence-corrected chi connectivity index (χ4v) is 4.19. The Labute approximate surface area is 231 Å². The smallest absolute Gasteiger partial charge is 0.266 e. The van der Waals surface area contributed by atoms with Crippen molar-refractivity contribution in [3.63, 3.8) is 0 Å². The standard InChI is InChI=1S/C29H19F3N8O/c1-16(38-27-22(26(34)36-15-37-27)11-10-19-9-8-18(30)14-35-19)28-39-23-7-3-6-21(25(31)32)24(23)29(41)40(28)20-5-2-4-17(12-20)13-33/h2-9,12,14-16,25H,1H3,(H3,34,36,37,38)/t16-/m0/s1. The molecule has 0 unspecified atom stereocenters. The van der Waals surface area contributed by atoms with Crippen molar-refractivity contribution in [1.82, 2.24) is 24.5 Å². The van der Waals surface area contributed by atoms with Crippen LogP contribution < -0.4 is 16.6 Å². The van der Waals surface area contributed by atoms with Crippen LogP contribution in [0.15, 0.2) is 71.9 Å². The van der Waals surface area contributed by atoms with Gasteiger partial charge < -0.3 is 11.1 Å². The van der Waals surface area contributed by atoms with E-state index in [4.69, 9.17) is 5.73 Å². The van der Waals surface area contributed by atoms with Gasteiger partial charge in [-0.15, -0.1) is 0 Å². The average molecular weight is 553 g/mol. The lowest BCUT2D eigenvalue weighted by Crippen LogP contribution is -2.28. The zero-order valence-corrected chi connectivity index (χ0v) is 21.3. The number of nitriles is 1. The minimum absolute atomic E-state index is 0.0523. The highest BCUT2D eigenvalue weighted by molar-refractivity contribution is 5.82. The van der Waals surface area contributed by atoms with Crippen LogP contribution in [0, 0.1) is 29.0 Å². The Morgan fingerprint density at radius 3 is 2.59 bits per heavy atom. The second-order valence-electron chi connectivity index (χ2n) is 8.77. The molecule has 12 heteroatoms. The van der Waals surface area contributed by atoms with Crippen LogP contribution in [0.25, 0.3) is 16.6 Å². The van der Waals surface area contributed by atoms with E-state index in [9.17, 15) is 23.2 Å². The third-order valence-electron chi connectivity index (χ3n) is 6.08. The molecule has 0 aliphatic carbocycles. The van der Waals surface area contributed by atoms with E-state index in [-0.39, 0.29) is 50.9 Å². The predicted octanol–water partition coefficient (Wildman–Crippen LogP) is 4.67. The van der Waals surface area contributed by atoms with Crippen LogP contribution in [0.2, 0.25) is 0 Å². The number of hydrogen-bond acceptors (Lipinski definition) is 8. The third-order valence-corrected chi connectivity index (χ3v) is 6.08. The molecule has 3 aromatic heterocycles. The number of nitrogens with one attached hydrogen (secondary N) is 1. The molecule has 1 atom stereocenters. The number of nitrogens with zero attached hydrogens (tertiary/aromatic N) is 6. The van der Waals surface area contributed by atoms with E-state index >= 15 is 0 Å². The van der Waals surface area contributed by atoms with Gasteiger partial charge in [0.05, 0.1) is 40.5 Å². The first kappa shape index (κ1) is 26.8. The summed E-state index contributed by atoms with van der Waals surface area (Å²) in [5.41, 5.74) is 6.00. The Balaban J connectivity index is 1.66. The van der Waals surface area contributed by atoms with Crippen molar-refractivity contribution in [2.75, 3.05) is 11.1 Å². The number of anilines is 2. The maximum atomic E-state index is 13.9. The quantitative estimate of drug-likeness (QED) is 0.300. The summed E-state index contributed by atoms with van der Waals surface area (Å²) in [5, 5.41) is 12.3. The van der Waals surface area contributed by atoms with Gasteiger partial charge in [0.1, 0.15) is 40.9 Å². The molecule has 0 fully saturated rings. The van der Waals surface area contributed by atoms with Crippen LogP contribution >= 0.6 is 0 Å². The summed E-state index contributed by atoms with van der Waals surface area (Å²) in [6, 6.07) is 14.1. The summed E-state index contributed by atoms with van der Waals surface area (Å²) in [4.78, 5) is 30.5.